The lowest BCUT2D eigenvalue weighted by molar-refractivity contribution is -0.127. The van der Waals surface area contributed by atoms with E-state index in [-0.39, 0.29) is 11.5 Å². The first-order valence-electron chi connectivity index (χ1n) is 14.2. The Balaban J connectivity index is 1.52. The van der Waals surface area contributed by atoms with E-state index in [0.717, 1.165) is 27.6 Å². The lowest BCUT2D eigenvalue weighted by Crippen LogP contribution is -2.43. The molecule has 2 aromatic heterocycles. The van der Waals surface area contributed by atoms with Crippen molar-refractivity contribution in [2.45, 2.75) is 33.4 Å². The first kappa shape index (κ1) is 29.2. The molecule has 6 rings (SSSR count). The van der Waals surface area contributed by atoms with E-state index in [1.807, 2.05) is 75.4 Å². The zero-order valence-corrected chi connectivity index (χ0v) is 26.4. The van der Waals surface area contributed by atoms with Gasteiger partial charge in [-0.3, -0.25) is 14.2 Å². The van der Waals surface area contributed by atoms with E-state index >= 15 is 0 Å². The second-order valence-corrected chi connectivity index (χ2v) is 12.3. The van der Waals surface area contributed by atoms with Crippen LogP contribution in [-0.2, 0) is 11.3 Å². The van der Waals surface area contributed by atoms with Crippen molar-refractivity contribution in [1.82, 2.24) is 14.0 Å². The number of likely N-dealkylation sites (N-methyl/N-ethyl adjacent to an activating group) is 1. The van der Waals surface area contributed by atoms with Crippen LogP contribution in [0.2, 0.25) is 10.0 Å². The molecule has 1 aliphatic rings. The van der Waals surface area contributed by atoms with Crippen molar-refractivity contribution in [2.24, 2.45) is 4.99 Å². The third kappa shape index (κ3) is 5.37. The van der Waals surface area contributed by atoms with Gasteiger partial charge in [-0.25, -0.2) is 4.99 Å². The number of hydrogen-bond donors (Lipinski definition) is 0. The van der Waals surface area contributed by atoms with E-state index < -0.39 is 6.04 Å². The highest BCUT2D eigenvalue weighted by molar-refractivity contribution is 7.07. The summed E-state index contributed by atoms with van der Waals surface area (Å²) in [7, 11) is 0. The molecule has 0 bridgehead atoms. The number of para-hydroxylation sites is 1. The van der Waals surface area contributed by atoms with Crippen molar-refractivity contribution in [3.05, 3.63) is 137 Å². The van der Waals surface area contributed by atoms with Gasteiger partial charge in [-0.15, -0.1) is 0 Å². The van der Waals surface area contributed by atoms with Gasteiger partial charge in [-0.2, -0.15) is 0 Å². The minimum Gasteiger partial charge on any atom is -0.342 e. The number of halogens is 2. The number of aromatic nitrogens is 2. The van der Waals surface area contributed by atoms with Gasteiger partial charge in [0, 0.05) is 52.3 Å². The summed E-state index contributed by atoms with van der Waals surface area (Å²) in [4.78, 5) is 35.1. The van der Waals surface area contributed by atoms with E-state index in [1.54, 1.807) is 21.6 Å². The monoisotopic (exact) mass is 628 g/mol. The minimum absolute atomic E-state index is 0.122. The van der Waals surface area contributed by atoms with Crippen LogP contribution in [0.1, 0.15) is 43.5 Å². The van der Waals surface area contributed by atoms with Crippen LogP contribution in [0, 0.1) is 0 Å². The Labute approximate surface area is 263 Å². The highest BCUT2D eigenvalue weighted by Gasteiger charge is 2.34. The van der Waals surface area contributed by atoms with Gasteiger partial charge in [-0.1, -0.05) is 83.1 Å². The first-order valence-corrected chi connectivity index (χ1v) is 15.8. The fourth-order valence-corrected chi connectivity index (χ4v) is 7.07. The number of thiazole rings is 1. The van der Waals surface area contributed by atoms with Gasteiger partial charge in [0.25, 0.3) is 11.5 Å². The molecule has 1 aliphatic heterocycles. The van der Waals surface area contributed by atoms with E-state index in [2.05, 4.69) is 22.9 Å². The maximum absolute atomic E-state index is 14.2. The molecule has 1 atom stereocenters. The second-order valence-electron chi connectivity index (χ2n) is 10.4. The minimum atomic E-state index is -0.620. The number of fused-ring (bicyclic) bond motifs is 2. The van der Waals surface area contributed by atoms with Gasteiger partial charge in [0.1, 0.15) is 0 Å². The number of benzene rings is 3. The van der Waals surface area contributed by atoms with Crippen LogP contribution in [0.25, 0.3) is 17.0 Å². The third-order valence-corrected chi connectivity index (χ3v) is 9.50. The summed E-state index contributed by atoms with van der Waals surface area (Å²) in [6, 6.07) is 22.6. The Hall–Kier alpha value is -3.91. The smallest absolute Gasteiger partial charge is 0.271 e. The highest BCUT2D eigenvalue weighted by atomic mass is 35.5. The van der Waals surface area contributed by atoms with E-state index in [0.29, 0.717) is 50.3 Å². The predicted molar refractivity (Wildman–Crippen MR) is 176 cm³/mol. The summed E-state index contributed by atoms with van der Waals surface area (Å²) in [5.41, 5.74) is 4.71. The highest BCUT2D eigenvalue weighted by Crippen LogP contribution is 2.32. The number of amides is 1. The average Bonchev–Trinajstić information content (AvgIpc) is 3.50. The topological polar surface area (TPSA) is 59.6 Å². The molecule has 218 valence electrons. The Morgan fingerprint density at radius 3 is 2.42 bits per heavy atom. The molecular formula is C34H30Cl2N4O2S. The molecule has 3 heterocycles. The van der Waals surface area contributed by atoms with Gasteiger partial charge < -0.3 is 9.47 Å². The van der Waals surface area contributed by atoms with Gasteiger partial charge in [0.2, 0.25) is 0 Å². The van der Waals surface area contributed by atoms with Crippen LogP contribution < -0.4 is 14.9 Å². The SMILES string of the molecule is CCN(CC)C(=O)C1=C(C)N=c2s/c(=C/c3cn(Cc4ccccc4Cl)c4ccccc34)c(=O)n2[C@H]1c1ccc(Cl)cc1. The van der Waals surface area contributed by atoms with Gasteiger partial charge in [-0.05, 0) is 62.2 Å². The Bertz CT molecular complexity index is 2070. The van der Waals surface area contributed by atoms with E-state index in [1.165, 1.54) is 11.3 Å². The first-order chi connectivity index (χ1) is 20.8. The fourth-order valence-electron chi connectivity index (χ4n) is 5.71. The zero-order chi connectivity index (χ0) is 30.2. The summed E-state index contributed by atoms with van der Waals surface area (Å²) >= 11 is 14.0. The number of rotatable bonds is 7. The number of allylic oxidation sites excluding steroid dienone is 1. The lowest BCUT2D eigenvalue weighted by atomic mass is 9.94. The Kier molecular flexibility index (Phi) is 8.14. The summed E-state index contributed by atoms with van der Waals surface area (Å²) in [6.07, 6.45) is 3.99. The summed E-state index contributed by atoms with van der Waals surface area (Å²) < 4.78 is 4.36. The molecule has 0 radical (unpaired) electrons. The molecule has 6 nitrogen and oxygen atoms in total. The molecule has 0 saturated heterocycles. The maximum atomic E-state index is 14.2. The average molecular weight is 630 g/mol. The number of hydrogen-bond acceptors (Lipinski definition) is 4. The Morgan fingerprint density at radius 1 is 1.00 bits per heavy atom. The van der Waals surface area contributed by atoms with Crippen LogP contribution >= 0.6 is 34.5 Å². The van der Waals surface area contributed by atoms with Crippen LogP contribution in [0.15, 0.2) is 100 Å². The van der Waals surface area contributed by atoms with Crippen LogP contribution in [0.5, 0.6) is 0 Å². The molecule has 0 fully saturated rings. The number of nitrogens with zero attached hydrogens (tertiary/aromatic N) is 4. The third-order valence-electron chi connectivity index (χ3n) is 7.89. The lowest BCUT2D eigenvalue weighted by Gasteiger charge is -2.29. The van der Waals surface area contributed by atoms with Crippen molar-refractivity contribution < 1.29 is 4.79 Å². The summed E-state index contributed by atoms with van der Waals surface area (Å²) in [6.45, 7) is 7.46. The summed E-state index contributed by atoms with van der Waals surface area (Å²) in [5.74, 6) is -0.122. The van der Waals surface area contributed by atoms with Crippen molar-refractivity contribution in [1.29, 1.82) is 0 Å². The van der Waals surface area contributed by atoms with Crippen LogP contribution in [0.4, 0.5) is 0 Å². The molecule has 0 saturated carbocycles. The fraction of sp³-hybridized carbons (Fsp3) is 0.206. The standard InChI is InChI=1S/C34H30Cl2N4O2S/c1-4-38(5-2)33(42)30-21(3)37-34-40(31(30)22-14-16-25(35)17-15-22)32(41)29(43-34)18-24-20-39(28-13-9-7-11-26(24)28)19-23-10-6-8-12-27(23)36/h6-18,20,31H,4-5,19H2,1-3H3/b29-18+/t31-/m0/s1. The van der Waals surface area contributed by atoms with Crippen LogP contribution in [0.3, 0.4) is 0 Å². The van der Waals surface area contributed by atoms with Crippen LogP contribution in [-0.4, -0.2) is 33.0 Å². The maximum Gasteiger partial charge on any atom is 0.271 e. The van der Waals surface area contributed by atoms with Crippen molar-refractivity contribution in [3.63, 3.8) is 0 Å². The zero-order valence-electron chi connectivity index (χ0n) is 24.1. The van der Waals surface area contributed by atoms with Crippen molar-refractivity contribution in [3.8, 4) is 0 Å². The quantitative estimate of drug-likeness (QED) is 0.209. The van der Waals surface area contributed by atoms with E-state index in [4.69, 9.17) is 28.2 Å². The molecule has 0 spiro atoms. The molecule has 3 aromatic carbocycles. The molecule has 5 aromatic rings. The van der Waals surface area contributed by atoms with E-state index in [9.17, 15) is 9.59 Å². The second kappa shape index (κ2) is 12.0. The Morgan fingerprint density at radius 2 is 1.70 bits per heavy atom. The molecule has 9 heteroatoms. The molecule has 0 unspecified atom stereocenters. The number of carbonyl (C=O) groups excluding carboxylic acids is 1. The van der Waals surface area contributed by atoms with Gasteiger partial charge in [0.05, 0.1) is 21.8 Å². The molecule has 1 amide bonds. The normalized spacial score (nSPS) is 15.1. The molecule has 43 heavy (non-hydrogen) atoms. The summed E-state index contributed by atoms with van der Waals surface area (Å²) in [5, 5.41) is 2.33. The molecule has 0 aliphatic carbocycles. The van der Waals surface area contributed by atoms with Gasteiger partial charge in [0.15, 0.2) is 4.80 Å². The van der Waals surface area contributed by atoms with Crippen molar-refractivity contribution >= 4 is 57.4 Å². The largest absolute Gasteiger partial charge is 0.342 e. The molecule has 0 N–H and O–H groups in total. The van der Waals surface area contributed by atoms with Crippen molar-refractivity contribution in [2.75, 3.05) is 13.1 Å². The van der Waals surface area contributed by atoms with Gasteiger partial charge >= 0.3 is 0 Å². The number of carbonyl (C=O) groups is 1. The molecular weight excluding hydrogens is 599 g/mol. The predicted octanol–water partition coefficient (Wildman–Crippen LogP) is 6.41.